The lowest BCUT2D eigenvalue weighted by atomic mass is 9.88. The van der Waals surface area contributed by atoms with E-state index in [1.807, 2.05) is 19.1 Å². The van der Waals surface area contributed by atoms with Crippen molar-refractivity contribution in [1.82, 2.24) is 14.9 Å². The fourth-order valence-electron chi connectivity index (χ4n) is 4.37. The van der Waals surface area contributed by atoms with E-state index in [-0.39, 0.29) is 26.6 Å². The van der Waals surface area contributed by atoms with Gasteiger partial charge in [-0.15, -0.1) is 5.10 Å². The molecule has 0 radical (unpaired) electrons. The van der Waals surface area contributed by atoms with Crippen LogP contribution in [0.1, 0.15) is 67.3 Å². The zero-order valence-electron chi connectivity index (χ0n) is 18.6. The number of H-pyrrole nitrogens is 1. The van der Waals surface area contributed by atoms with Crippen molar-refractivity contribution in [3.05, 3.63) is 74.4 Å². The Morgan fingerprint density at radius 1 is 1.27 bits per heavy atom. The van der Waals surface area contributed by atoms with Gasteiger partial charge in [0, 0.05) is 16.5 Å². The molecule has 33 heavy (non-hydrogen) atoms. The average Bonchev–Trinajstić information content (AvgIpc) is 3.39. The molecule has 1 heterocycles. The molecule has 0 saturated carbocycles. The summed E-state index contributed by atoms with van der Waals surface area (Å²) in [5.74, 6) is -0.126. The monoisotopic (exact) mass is 507 g/mol. The van der Waals surface area contributed by atoms with Gasteiger partial charge in [0.15, 0.2) is 0 Å². The molecule has 7 nitrogen and oxygen atoms in total. The number of hydrogen-bond acceptors (Lipinski definition) is 6. The average molecular weight is 508 g/mol. The first-order valence-corrected chi connectivity index (χ1v) is 12.9. The van der Waals surface area contributed by atoms with E-state index in [4.69, 9.17) is 28.2 Å². The van der Waals surface area contributed by atoms with E-state index in [2.05, 4.69) is 21.0 Å². The van der Waals surface area contributed by atoms with Crippen LogP contribution in [0.5, 0.6) is 0 Å². The van der Waals surface area contributed by atoms with Crippen molar-refractivity contribution in [1.29, 1.82) is 0 Å². The number of aryl methyl sites for hydroxylation is 1. The van der Waals surface area contributed by atoms with Gasteiger partial charge in [0.1, 0.15) is 6.04 Å². The Morgan fingerprint density at radius 3 is 2.70 bits per heavy atom. The molecule has 10 heteroatoms. The van der Waals surface area contributed by atoms with Gasteiger partial charge in [0.2, 0.25) is 15.9 Å². The predicted molar refractivity (Wildman–Crippen MR) is 128 cm³/mol. The van der Waals surface area contributed by atoms with Crippen molar-refractivity contribution in [3.63, 3.8) is 0 Å². The smallest absolute Gasteiger partial charge is 0.284 e. The maximum Gasteiger partial charge on any atom is 0.284 e. The highest BCUT2D eigenvalue weighted by Gasteiger charge is 2.33. The fraction of sp³-hybridized carbons (Fsp3) is 0.391. The molecule has 3 aromatic rings. The van der Waals surface area contributed by atoms with Crippen LogP contribution >= 0.6 is 23.8 Å². The summed E-state index contributed by atoms with van der Waals surface area (Å²) in [6.07, 6.45) is 3.04. The van der Waals surface area contributed by atoms with Crippen molar-refractivity contribution in [2.24, 2.45) is 0 Å². The van der Waals surface area contributed by atoms with Gasteiger partial charge < -0.3 is 9.52 Å². The van der Waals surface area contributed by atoms with Gasteiger partial charge in [-0.05, 0) is 80.2 Å². The molecule has 2 aromatic carbocycles. The van der Waals surface area contributed by atoms with Gasteiger partial charge in [-0.2, -0.15) is 4.72 Å². The molecule has 1 aliphatic carbocycles. The van der Waals surface area contributed by atoms with Gasteiger partial charge in [-0.1, -0.05) is 36.7 Å². The lowest BCUT2D eigenvalue weighted by Gasteiger charge is -2.25. The summed E-state index contributed by atoms with van der Waals surface area (Å²) >= 11 is 11.2. The van der Waals surface area contributed by atoms with Gasteiger partial charge in [-0.25, -0.2) is 13.5 Å². The Bertz CT molecular complexity index is 1340. The second-order valence-electron chi connectivity index (χ2n) is 8.88. The van der Waals surface area contributed by atoms with Crippen LogP contribution in [0.25, 0.3) is 0 Å². The molecule has 4 rings (SSSR count). The highest BCUT2D eigenvalue weighted by molar-refractivity contribution is 7.89. The number of nitrogens with zero attached hydrogens (tertiary/aromatic N) is 1. The molecule has 3 N–H and O–H groups in total. The van der Waals surface area contributed by atoms with E-state index in [1.165, 1.54) is 29.3 Å². The lowest BCUT2D eigenvalue weighted by molar-refractivity contribution is 0.0785. The number of sulfonamides is 1. The third kappa shape index (κ3) is 4.93. The normalized spacial score (nSPS) is 15.9. The predicted octanol–water partition coefficient (Wildman–Crippen LogP) is 4.92. The van der Waals surface area contributed by atoms with Crippen LogP contribution in [0.15, 0.2) is 45.7 Å². The molecule has 0 unspecified atom stereocenters. The first kappa shape index (κ1) is 24.1. The van der Waals surface area contributed by atoms with Crippen LogP contribution in [0.4, 0.5) is 0 Å². The SMILES string of the molecule is C[C@H](c1cccc2c1CCC2)[C@H](NS(=O)(=O)c1ccc(Cl)c(C(C)(C)O)c1)c1n[nH]c(=S)o1. The van der Waals surface area contributed by atoms with Crippen molar-refractivity contribution >= 4 is 33.8 Å². The second-order valence-corrected chi connectivity index (χ2v) is 11.4. The van der Waals surface area contributed by atoms with Crippen LogP contribution in [0, 0.1) is 4.84 Å². The first-order valence-electron chi connectivity index (χ1n) is 10.7. The van der Waals surface area contributed by atoms with E-state index in [1.54, 1.807) is 13.8 Å². The van der Waals surface area contributed by atoms with Crippen LogP contribution in [-0.4, -0.2) is 23.7 Å². The Balaban J connectivity index is 1.76. The van der Waals surface area contributed by atoms with Gasteiger partial charge >= 0.3 is 0 Å². The molecule has 0 spiro atoms. The molecule has 0 amide bonds. The Morgan fingerprint density at radius 2 is 2.03 bits per heavy atom. The number of nitrogens with one attached hydrogen (secondary N) is 2. The standard InChI is InChI=1S/C23H26ClN3O4S2/c1-13(16-8-4-6-14-7-5-9-17(14)16)20(21-25-26-22(32)31-21)27-33(29,30)15-10-11-19(24)18(12-15)23(2,3)28/h4,6,8,10-13,20,27-28H,5,7,9H2,1-3H3,(H,26,32)/t13-,20+/m1/s1. The summed E-state index contributed by atoms with van der Waals surface area (Å²) in [7, 11) is -4.03. The fourth-order valence-corrected chi connectivity index (χ4v) is 6.15. The number of aliphatic hydroxyl groups is 1. The third-order valence-electron chi connectivity index (χ3n) is 6.08. The summed E-state index contributed by atoms with van der Waals surface area (Å²) in [6, 6.07) is 9.57. The summed E-state index contributed by atoms with van der Waals surface area (Å²) in [6.45, 7) is 5.04. The van der Waals surface area contributed by atoms with E-state index < -0.39 is 21.7 Å². The Hall–Kier alpha value is -2.04. The van der Waals surface area contributed by atoms with Crippen LogP contribution in [0.2, 0.25) is 5.02 Å². The molecular formula is C23H26ClN3O4S2. The largest absolute Gasteiger partial charge is 0.412 e. The van der Waals surface area contributed by atoms with E-state index >= 15 is 0 Å². The van der Waals surface area contributed by atoms with Crippen LogP contribution in [-0.2, 0) is 28.5 Å². The second kappa shape index (κ2) is 8.96. The molecule has 0 bridgehead atoms. The van der Waals surface area contributed by atoms with E-state index in [9.17, 15) is 13.5 Å². The number of halogens is 1. The van der Waals surface area contributed by atoms with Crippen molar-refractivity contribution < 1.29 is 17.9 Å². The highest BCUT2D eigenvalue weighted by atomic mass is 35.5. The van der Waals surface area contributed by atoms with Gasteiger partial charge in [0.25, 0.3) is 4.84 Å². The number of aromatic amines is 1. The molecule has 0 aliphatic heterocycles. The molecule has 176 valence electrons. The molecular weight excluding hydrogens is 482 g/mol. The lowest BCUT2D eigenvalue weighted by Crippen LogP contribution is -2.33. The number of hydrogen-bond donors (Lipinski definition) is 3. The maximum absolute atomic E-state index is 13.4. The summed E-state index contributed by atoms with van der Waals surface area (Å²) < 4.78 is 35.2. The number of aromatic nitrogens is 2. The highest BCUT2D eigenvalue weighted by Crippen LogP contribution is 2.37. The summed E-state index contributed by atoms with van der Waals surface area (Å²) in [4.78, 5) is 0.0455. The maximum atomic E-state index is 13.4. The van der Waals surface area contributed by atoms with Crippen molar-refractivity contribution in [3.8, 4) is 0 Å². The van der Waals surface area contributed by atoms with Crippen molar-refractivity contribution in [2.45, 2.75) is 62.5 Å². The molecule has 0 saturated heterocycles. The summed E-state index contributed by atoms with van der Waals surface area (Å²) in [5.41, 5.74) is 2.59. The number of fused-ring (bicyclic) bond motifs is 1. The van der Waals surface area contributed by atoms with E-state index in [0.29, 0.717) is 5.56 Å². The molecule has 1 aromatic heterocycles. The topological polar surface area (TPSA) is 108 Å². The number of rotatable bonds is 7. The van der Waals surface area contributed by atoms with Gasteiger partial charge in [0.05, 0.1) is 10.5 Å². The number of benzene rings is 2. The first-order chi connectivity index (χ1) is 15.5. The Labute approximate surface area is 203 Å². The summed E-state index contributed by atoms with van der Waals surface area (Å²) in [5, 5.41) is 17.4. The quantitative estimate of drug-likeness (QED) is 0.391. The zero-order valence-corrected chi connectivity index (χ0v) is 20.9. The van der Waals surface area contributed by atoms with Crippen LogP contribution in [0.3, 0.4) is 0 Å². The molecule has 2 atom stereocenters. The Kier molecular flexibility index (Phi) is 6.54. The van der Waals surface area contributed by atoms with Gasteiger partial charge in [-0.3, -0.25) is 0 Å². The zero-order chi connectivity index (χ0) is 24.0. The van der Waals surface area contributed by atoms with Crippen molar-refractivity contribution in [2.75, 3.05) is 0 Å². The molecule has 1 aliphatic rings. The molecule has 0 fully saturated rings. The minimum absolute atomic E-state index is 0.0198. The van der Waals surface area contributed by atoms with E-state index in [0.717, 1.165) is 24.8 Å². The van der Waals surface area contributed by atoms with Crippen LogP contribution < -0.4 is 4.72 Å². The minimum atomic E-state index is -4.03. The minimum Gasteiger partial charge on any atom is -0.412 e. The third-order valence-corrected chi connectivity index (χ3v) is 8.03.